The van der Waals surface area contributed by atoms with Crippen LogP contribution in [-0.4, -0.2) is 19.7 Å². The third-order valence-electron chi connectivity index (χ3n) is 2.43. The van der Waals surface area contributed by atoms with E-state index in [0.717, 1.165) is 22.5 Å². The summed E-state index contributed by atoms with van der Waals surface area (Å²) in [6, 6.07) is 9.76. The first-order valence-corrected chi connectivity index (χ1v) is 5.07. The zero-order valence-electron chi connectivity index (χ0n) is 8.83. The van der Waals surface area contributed by atoms with Gasteiger partial charge in [-0.3, -0.25) is 4.98 Å². The van der Waals surface area contributed by atoms with Crippen LogP contribution in [0.5, 0.6) is 0 Å². The number of hydrogen-bond donors (Lipinski definition) is 0. The predicted octanol–water partition coefficient (Wildman–Crippen LogP) is 2.12. The lowest BCUT2D eigenvalue weighted by Gasteiger charge is -2.02. The van der Waals surface area contributed by atoms with E-state index >= 15 is 0 Å². The summed E-state index contributed by atoms with van der Waals surface area (Å²) in [6.45, 7) is 1.97. The molecule has 0 aromatic carbocycles. The first kappa shape index (κ1) is 9.03. The fourth-order valence-corrected chi connectivity index (χ4v) is 1.69. The van der Waals surface area contributed by atoms with Crippen LogP contribution < -0.4 is 0 Å². The van der Waals surface area contributed by atoms with E-state index in [2.05, 4.69) is 15.1 Å². The SMILES string of the molecule is Cc1cccc(-n2ncc3ncccc32)n1. The topological polar surface area (TPSA) is 43.6 Å². The highest BCUT2D eigenvalue weighted by molar-refractivity contribution is 5.75. The van der Waals surface area contributed by atoms with Crippen molar-refractivity contribution in [1.82, 2.24) is 19.7 Å². The van der Waals surface area contributed by atoms with Gasteiger partial charge in [-0.2, -0.15) is 5.10 Å². The molecule has 3 aromatic heterocycles. The van der Waals surface area contributed by atoms with E-state index in [1.807, 2.05) is 37.3 Å². The second-order valence-corrected chi connectivity index (χ2v) is 3.60. The van der Waals surface area contributed by atoms with E-state index in [9.17, 15) is 0 Å². The van der Waals surface area contributed by atoms with Gasteiger partial charge in [-0.05, 0) is 31.2 Å². The average Bonchev–Trinajstić information content (AvgIpc) is 2.72. The van der Waals surface area contributed by atoms with E-state index in [1.54, 1.807) is 17.1 Å². The van der Waals surface area contributed by atoms with Gasteiger partial charge < -0.3 is 0 Å². The molecular weight excluding hydrogens is 200 g/mol. The zero-order chi connectivity index (χ0) is 11.0. The zero-order valence-corrected chi connectivity index (χ0v) is 8.83. The summed E-state index contributed by atoms with van der Waals surface area (Å²) in [7, 11) is 0. The van der Waals surface area contributed by atoms with Crippen LogP contribution in [0.3, 0.4) is 0 Å². The molecule has 16 heavy (non-hydrogen) atoms. The third kappa shape index (κ3) is 1.35. The molecule has 4 heteroatoms. The maximum Gasteiger partial charge on any atom is 0.154 e. The third-order valence-corrected chi connectivity index (χ3v) is 2.43. The molecule has 0 bridgehead atoms. The van der Waals surface area contributed by atoms with Gasteiger partial charge in [0.1, 0.15) is 5.52 Å². The lowest BCUT2D eigenvalue weighted by atomic mass is 10.3. The molecule has 0 atom stereocenters. The molecule has 0 saturated heterocycles. The minimum absolute atomic E-state index is 0.822. The van der Waals surface area contributed by atoms with Crippen LogP contribution in [0.1, 0.15) is 5.69 Å². The number of hydrogen-bond acceptors (Lipinski definition) is 3. The Morgan fingerprint density at radius 1 is 1.12 bits per heavy atom. The van der Waals surface area contributed by atoms with Crippen molar-refractivity contribution in [2.45, 2.75) is 6.92 Å². The number of nitrogens with zero attached hydrogens (tertiary/aromatic N) is 4. The molecule has 0 aliphatic heterocycles. The van der Waals surface area contributed by atoms with Gasteiger partial charge in [0.25, 0.3) is 0 Å². The van der Waals surface area contributed by atoms with Crippen molar-refractivity contribution in [2.75, 3.05) is 0 Å². The van der Waals surface area contributed by atoms with Crippen molar-refractivity contribution in [3.05, 3.63) is 48.4 Å². The van der Waals surface area contributed by atoms with Crippen LogP contribution in [0.15, 0.2) is 42.7 Å². The quantitative estimate of drug-likeness (QED) is 0.618. The molecule has 0 N–H and O–H groups in total. The Hall–Kier alpha value is -2.23. The van der Waals surface area contributed by atoms with Crippen LogP contribution in [0.2, 0.25) is 0 Å². The Balaban J connectivity index is 2.26. The number of fused-ring (bicyclic) bond motifs is 1. The van der Waals surface area contributed by atoms with Crippen molar-refractivity contribution in [2.24, 2.45) is 0 Å². The Morgan fingerprint density at radius 2 is 2.06 bits per heavy atom. The predicted molar refractivity (Wildman–Crippen MR) is 61.4 cm³/mol. The van der Waals surface area contributed by atoms with E-state index in [-0.39, 0.29) is 0 Å². The number of aryl methyl sites for hydroxylation is 1. The van der Waals surface area contributed by atoms with Crippen LogP contribution in [-0.2, 0) is 0 Å². The minimum atomic E-state index is 0.822. The van der Waals surface area contributed by atoms with Gasteiger partial charge in [0.2, 0.25) is 0 Å². The van der Waals surface area contributed by atoms with Crippen molar-refractivity contribution in [3.8, 4) is 5.82 Å². The maximum atomic E-state index is 4.44. The summed E-state index contributed by atoms with van der Waals surface area (Å²) in [5, 5.41) is 4.30. The van der Waals surface area contributed by atoms with Gasteiger partial charge in [0, 0.05) is 11.9 Å². The lowest BCUT2D eigenvalue weighted by Crippen LogP contribution is -1.99. The van der Waals surface area contributed by atoms with Crippen molar-refractivity contribution >= 4 is 11.0 Å². The molecule has 0 spiro atoms. The molecule has 3 aromatic rings. The van der Waals surface area contributed by atoms with Gasteiger partial charge in [-0.25, -0.2) is 9.67 Å². The van der Waals surface area contributed by atoms with Gasteiger partial charge in [0.05, 0.1) is 11.7 Å². The largest absolute Gasteiger partial charge is 0.253 e. The highest BCUT2D eigenvalue weighted by atomic mass is 15.3. The van der Waals surface area contributed by atoms with Gasteiger partial charge in [-0.15, -0.1) is 0 Å². The van der Waals surface area contributed by atoms with Crippen molar-refractivity contribution in [3.63, 3.8) is 0 Å². The summed E-state index contributed by atoms with van der Waals surface area (Å²) in [5.74, 6) is 0.822. The molecule has 0 fully saturated rings. The summed E-state index contributed by atoms with van der Waals surface area (Å²) in [6.07, 6.45) is 3.51. The Kier molecular flexibility index (Phi) is 1.93. The lowest BCUT2D eigenvalue weighted by molar-refractivity contribution is 0.867. The smallest absolute Gasteiger partial charge is 0.154 e. The van der Waals surface area contributed by atoms with Gasteiger partial charge in [-0.1, -0.05) is 6.07 Å². The molecule has 0 saturated carbocycles. The highest BCUT2D eigenvalue weighted by Crippen LogP contribution is 2.14. The van der Waals surface area contributed by atoms with Crippen LogP contribution in [0, 0.1) is 6.92 Å². The molecule has 0 aliphatic carbocycles. The summed E-state index contributed by atoms with van der Waals surface area (Å²) >= 11 is 0. The van der Waals surface area contributed by atoms with Crippen molar-refractivity contribution < 1.29 is 0 Å². The summed E-state index contributed by atoms with van der Waals surface area (Å²) < 4.78 is 1.80. The van der Waals surface area contributed by atoms with Crippen LogP contribution in [0.25, 0.3) is 16.9 Å². The van der Waals surface area contributed by atoms with E-state index in [4.69, 9.17) is 0 Å². The summed E-state index contributed by atoms with van der Waals surface area (Å²) in [5.41, 5.74) is 2.83. The first-order valence-electron chi connectivity index (χ1n) is 5.07. The van der Waals surface area contributed by atoms with E-state index in [0.29, 0.717) is 0 Å². The van der Waals surface area contributed by atoms with E-state index in [1.165, 1.54) is 0 Å². The molecule has 0 unspecified atom stereocenters. The Bertz CT molecular complexity index is 642. The standard InChI is InChI=1S/C12H10N4/c1-9-4-2-6-12(15-9)16-11-5-3-7-13-10(11)8-14-16/h2-8H,1H3. The molecule has 78 valence electrons. The fourth-order valence-electron chi connectivity index (χ4n) is 1.69. The second kappa shape index (κ2) is 3.41. The monoisotopic (exact) mass is 210 g/mol. The Labute approximate surface area is 92.6 Å². The molecule has 3 rings (SSSR count). The Morgan fingerprint density at radius 3 is 2.94 bits per heavy atom. The first-order chi connectivity index (χ1) is 7.84. The molecular formula is C12H10N4. The normalized spacial score (nSPS) is 10.8. The molecule has 3 heterocycles. The highest BCUT2D eigenvalue weighted by Gasteiger charge is 2.05. The molecule has 0 amide bonds. The fraction of sp³-hybridized carbons (Fsp3) is 0.0833. The molecule has 0 aliphatic rings. The van der Waals surface area contributed by atoms with Crippen LogP contribution in [0.4, 0.5) is 0 Å². The van der Waals surface area contributed by atoms with Crippen LogP contribution >= 0.6 is 0 Å². The average molecular weight is 210 g/mol. The van der Waals surface area contributed by atoms with E-state index < -0.39 is 0 Å². The number of pyridine rings is 2. The minimum Gasteiger partial charge on any atom is -0.253 e. The molecule has 0 radical (unpaired) electrons. The second-order valence-electron chi connectivity index (χ2n) is 3.60. The van der Waals surface area contributed by atoms with Gasteiger partial charge >= 0.3 is 0 Å². The number of aromatic nitrogens is 4. The van der Waals surface area contributed by atoms with Crippen molar-refractivity contribution in [1.29, 1.82) is 0 Å². The maximum absolute atomic E-state index is 4.44. The molecule has 4 nitrogen and oxygen atoms in total. The number of rotatable bonds is 1. The van der Waals surface area contributed by atoms with Gasteiger partial charge in [0.15, 0.2) is 5.82 Å². The summed E-state index contributed by atoms with van der Waals surface area (Å²) in [4.78, 5) is 8.68.